The van der Waals surface area contributed by atoms with Crippen LogP contribution in [0.1, 0.15) is 40.0 Å². The predicted octanol–water partition coefficient (Wildman–Crippen LogP) is 1.24. The zero-order valence-electron chi connectivity index (χ0n) is 10.9. The molecule has 0 amide bonds. The van der Waals surface area contributed by atoms with Crippen LogP contribution in [0.2, 0.25) is 0 Å². The Hall–Kier alpha value is -1.52. The SMILES string of the molecule is CC(=O)C(CC(=O)O)C1C(=O)CC(C)(C)CC1=O. The lowest BCUT2D eigenvalue weighted by molar-refractivity contribution is -0.148. The second-order valence-corrected chi connectivity index (χ2v) is 5.74. The Balaban J connectivity index is 2.98. The maximum atomic E-state index is 12.0. The van der Waals surface area contributed by atoms with Crippen molar-refractivity contribution in [1.82, 2.24) is 0 Å². The van der Waals surface area contributed by atoms with Crippen LogP contribution in [0.5, 0.6) is 0 Å². The molecule has 0 saturated heterocycles. The topological polar surface area (TPSA) is 88.5 Å². The molecule has 1 saturated carbocycles. The molecule has 5 heteroatoms. The van der Waals surface area contributed by atoms with Gasteiger partial charge in [-0.3, -0.25) is 19.2 Å². The first kappa shape index (κ1) is 14.5. The molecule has 1 fully saturated rings. The molecule has 0 aromatic rings. The molecule has 18 heavy (non-hydrogen) atoms. The Morgan fingerprint density at radius 1 is 1.28 bits per heavy atom. The number of carbonyl (C=O) groups excluding carboxylic acids is 3. The van der Waals surface area contributed by atoms with E-state index in [1.54, 1.807) is 0 Å². The number of carboxylic acids is 1. The van der Waals surface area contributed by atoms with Crippen LogP contribution >= 0.6 is 0 Å². The van der Waals surface area contributed by atoms with Gasteiger partial charge < -0.3 is 5.11 Å². The first-order valence-electron chi connectivity index (χ1n) is 5.92. The average molecular weight is 254 g/mol. The van der Waals surface area contributed by atoms with Gasteiger partial charge >= 0.3 is 5.97 Å². The Morgan fingerprint density at radius 2 is 1.72 bits per heavy atom. The van der Waals surface area contributed by atoms with E-state index in [1.165, 1.54) is 6.92 Å². The van der Waals surface area contributed by atoms with Gasteiger partial charge in [0.05, 0.1) is 12.3 Å². The van der Waals surface area contributed by atoms with Crippen molar-refractivity contribution in [3.05, 3.63) is 0 Å². The second kappa shape index (κ2) is 5.00. The number of hydrogen-bond acceptors (Lipinski definition) is 4. The van der Waals surface area contributed by atoms with Crippen LogP contribution < -0.4 is 0 Å². The number of Topliss-reactive ketones (excluding diaryl/α,β-unsaturated/α-hetero) is 3. The summed E-state index contributed by atoms with van der Waals surface area (Å²) in [7, 11) is 0. The van der Waals surface area contributed by atoms with E-state index in [4.69, 9.17) is 5.11 Å². The Kier molecular flexibility index (Phi) is 4.04. The maximum Gasteiger partial charge on any atom is 0.304 e. The van der Waals surface area contributed by atoms with Crippen molar-refractivity contribution in [3.8, 4) is 0 Å². The van der Waals surface area contributed by atoms with Crippen LogP contribution in [0.25, 0.3) is 0 Å². The summed E-state index contributed by atoms with van der Waals surface area (Å²) in [5, 5.41) is 8.76. The fourth-order valence-corrected chi connectivity index (χ4v) is 2.54. The van der Waals surface area contributed by atoms with Crippen molar-refractivity contribution in [3.63, 3.8) is 0 Å². The summed E-state index contributed by atoms with van der Waals surface area (Å²) >= 11 is 0. The van der Waals surface area contributed by atoms with Gasteiger partial charge in [0.2, 0.25) is 0 Å². The molecule has 1 aliphatic carbocycles. The normalized spacial score (nSPS) is 21.7. The van der Waals surface area contributed by atoms with Gasteiger partial charge in [0.15, 0.2) is 0 Å². The van der Waals surface area contributed by atoms with E-state index in [0.717, 1.165) is 0 Å². The zero-order chi connectivity index (χ0) is 14.1. The minimum atomic E-state index is -1.17. The number of hydrogen-bond donors (Lipinski definition) is 1. The molecular weight excluding hydrogens is 236 g/mol. The van der Waals surface area contributed by atoms with E-state index < -0.39 is 35.4 Å². The van der Waals surface area contributed by atoms with Crippen molar-refractivity contribution in [2.45, 2.75) is 40.0 Å². The molecule has 0 spiro atoms. The number of rotatable bonds is 4. The molecule has 5 nitrogen and oxygen atoms in total. The van der Waals surface area contributed by atoms with Crippen LogP contribution in [-0.4, -0.2) is 28.4 Å². The van der Waals surface area contributed by atoms with Gasteiger partial charge in [-0.05, 0) is 12.3 Å². The summed E-state index contributed by atoms with van der Waals surface area (Å²) in [5.74, 6) is -4.27. The van der Waals surface area contributed by atoms with E-state index in [0.29, 0.717) is 0 Å². The fraction of sp³-hybridized carbons (Fsp3) is 0.692. The highest BCUT2D eigenvalue weighted by Gasteiger charge is 2.45. The van der Waals surface area contributed by atoms with Gasteiger partial charge in [0.25, 0.3) is 0 Å². The van der Waals surface area contributed by atoms with E-state index >= 15 is 0 Å². The van der Waals surface area contributed by atoms with Gasteiger partial charge in [0.1, 0.15) is 17.3 Å². The third-order valence-corrected chi connectivity index (χ3v) is 3.32. The lowest BCUT2D eigenvalue weighted by Gasteiger charge is -2.34. The average Bonchev–Trinajstić information content (AvgIpc) is 2.11. The first-order valence-corrected chi connectivity index (χ1v) is 5.92. The second-order valence-electron chi connectivity index (χ2n) is 5.74. The highest BCUT2D eigenvalue weighted by atomic mass is 16.4. The molecule has 0 bridgehead atoms. The third kappa shape index (κ3) is 3.24. The molecule has 0 aliphatic heterocycles. The van der Waals surface area contributed by atoms with Gasteiger partial charge in [-0.25, -0.2) is 0 Å². The molecule has 1 N–H and O–H groups in total. The monoisotopic (exact) mass is 254 g/mol. The Bertz CT molecular complexity index is 388. The summed E-state index contributed by atoms with van der Waals surface area (Å²) < 4.78 is 0. The van der Waals surface area contributed by atoms with Crippen molar-refractivity contribution in [2.24, 2.45) is 17.3 Å². The molecule has 1 unspecified atom stereocenters. The summed E-state index contributed by atoms with van der Waals surface area (Å²) in [6, 6.07) is 0. The molecule has 1 aliphatic rings. The standard InChI is InChI=1S/C13H18O5/c1-7(14)8(4-11(17)18)12-9(15)5-13(2,3)6-10(12)16/h8,12H,4-6H2,1-3H3,(H,17,18). The largest absolute Gasteiger partial charge is 0.481 e. The van der Waals surface area contributed by atoms with Gasteiger partial charge in [-0.15, -0.1) is 0 Å². The molecule has 1 atom stereocenters. The third-order valence-electron chi connectivity index (χ3n) is 3.32. The van der Waals surface area contributed by atoms with E-state index in [9.17, 15) is 19.2 Å². The zero-order valence-corrected chi connectivity index (χ0v) is 10.9. The Morgan fingerprint density at radius 3 is 2.06 bits per heavy atom. The number of carbonyl (C=O) groups is 4. The maximum absolute atomic E-state index is 12.0. The van der Waals surface area contributed by atoms with Crippen LogP contribution in [0.3, 0.4) is 0 Å². The minimum Gasteiger partial charge on any atom is -0.481 e. The van der Waals surface area contributed by atoms with Gasteiger partial charge in [0, 0.05) is 18.8 Å². The van der Waals surface area contributed by atoms with Crippen molar-refractivity contribution in [2.75, 3.05) is 0 Å². The van der Waals surface area contributed by atoms with Crippen LogP contribution in [0.15, 0.2) is 0 Å². The Labute approximate surface area is 106 Å². The number of aliphatic carboxylic acids is 1. The van der Waals surface area contributed by atoms with Crippen molar-refractivity contribution >= 4 is 23.3 Å². The number of carboxylic acid groups (broad SMARTS) is 1. The van der Waals surface area contributed by atoms with Crippen molar-refractivity contribution < 1.29 is 24.3 Å². The molecule has 0 heterocycles. The summed E-state index contributed by atoms with van der Waals surface area (Å²) in [4.78, 5) is 46.1. The smallest absolute Gasteiger partial charge is 0.304 e. The van der Waals surface area contributed by atoms with E-state index in [-0.39, 0.29) is 24.4 Å². The van der Waals surface area contributed by atoms with Gasteiger partial charge in [-0.1, -0.05) is 13.8 Å². The molecule has 0 radical (unpaired) electrons. The lowest BCUT2D eigenvalue weighted by Crippen LogP contribution is -2.44. The fourth-order valence-electron chi connectivity index (χ4n) is 2.54. The van der Waals surface area contributed by atoms with Crippen molar-refractivity contribution in [1.29, 1.82) is 0 Å². The first-order chi connectivity index (χ1) is 8.14. The highest BCUT2D eigenvalue weighted by molar-refractivity contribution is 6.08. The molecule has 0 aromatic carbocycles. The summed E-state index contributed by atoms with van der Waals surface area (Å²) in [6.07, 6.45) is -0.0302. The van der Waals surface area contributed by atoms with E-state index in [2.05, 4.69) is 0 Å². The van der Waals surface area contributed by atoms with Gasteiger partial charge in [-0.2, -0.15) is 0 Å². The lowest BCUT2D eigenvalue weighted by atomic mass is 9.66. The molecule has 100 valence electrons. The predicted molar refractivity (Wildman–Crippen MR) is 62.9 cm³/mol. The molecular formula is C13H18O5. The molecule has 1 rings (SSSR count). The highest BCUT2D eigenvalue weighted by Crippen LogP contribution is 2.37. The number of ketones is 3. The van der Waals surface area contributed by atoms with E-state index in [1.807, 2.05) is 13.8 Å². The van der Waals surface area contributed by atoms with Crippen LogP contribution in [0.4, 0.5) is 0 Å². The summed E-state index contributed by atoms with van der Waals surface area (Å²) in [5.41, 5.74) is -0.394. The van der Waals surface area contributed by atoms with Crippen LogP contribution in [-0.2, 0) is 19.2 Å². The minimum absolute atomic E-state index is 0.215. The molecule has 0 aromatic heterocycles. The van der Waals surface area contributed by atoms with Crippen LogP contribution in [0, 0.1) is 17.3 Å². The summed E-state index contributed by atoms with van der Waals surface area (Å²) in [6.45, 7) is 4.87. The quantitative estimate of drug-likeness (QED) is 0.762.